The van der Waals surface area contributed by atoms with E-state index in [1.54, 1.807) is 12.1 Å². The number of nitrogen functional groups attached to an aromatic ring is 1. The summed E-state index contributed by atoms with van der Waals surface area (Å²) in [5.41, 5.74) is 8.95. The molecule has 3 heteroatoms. The lowest BCUT2D eigenvalue weighted by Crippen LogP contribution is -1.96. The third-order valence-electron chi connectivity index (χ3n) is 2.47. The summed E-state index contributed by atoms with van der Waals surface area (Å²) in [6.45, 7) is 0. The van der Waals surface area contributed by atoms with Crippen molar-refractivity contribution in [1.29, 1.82) is 0 Å². The van der Waals surface area contributed by atoms with Gasteiger partial charge in [-0.25, -0.2) is 0 Å². The number of para-hydroxylation sites is 1. The zero-order chi connectivity index (χ0) is 11.5. The summed E-state index contributed by atoms with van der Waals surface area (Å²) >= 11 is 3.41. The lowest BCUT2D eigenvalue weighted by molar-refractivity contribution is 0.475. The molecule has 0 spiro atoms. The second-order valence-corrected chi connectivity index (χ2v) is 4.51. The van der Waals surface area contributed by atoms with E-state index in [4.69, 9.17) is 5.73 Å². The van der Waals surface area contributed by atoms with Crippen LogP contribution in [0.2, 0.25) is 0 Å². The van der Waals surface area contributed by atoms with Crippen LogP contribution in [0.3, 0.4) is 0 Å². The predicted molar refractivity (Wildman–Crippen MR) is 69.5 cm³/mol. The number of hydrogen-bond donors (Lipinski definition) is 2. The van der Waals surface area contributed by atoms with Gasteiger partial charge in [0.2, 0.25) is 0 Å². The average Bonchev–Trinajstić information content (AvgIpc) is 2.28. The Morgan fingerprint density at radius 1 is 1.06 bits per heavy atom. The summed E-state index contributed by atoms with van der Waals surface area (Å²) in [6.07, 6.45) is 0.769. The van der Waals surface area contributed by atoms with Crippen molar-refractivity contribution in [3.8, 4) is 5.75 Å². The Morgan fingerprint density at radius 2 is 1.75 bits per heavy atom. The first-order chi connectivity index (χ1) is 7.66. The Morgan fingerprint density at radius 3 is 2.44 bits per heavy atom. The van der Waals surface area contributed by atoms with Crippen molar-refractivity contribution in [3.63, 3.8) is 0 Å². The topological polar surface area (TPSA) is 46.2 Å². The molecule has 0 aliphatic carbocycles. The molecule has 0 bridgehead atoms. The van der Waals surface area contributed by atoms with Crippen LogP contribution in [0.5, 0.6) is 5.75 Å². The fraction of sp³-hybridized carbons (Fsp3) is 0.0769. The van der Waals surface area contributed by atoms with E-state index >= 15 is 0 Å². The van der Waals surface area contributed by atoms with Gasteiger partial charge in [0.25, 0.3) is 0 Å². The zero-order valence-corrected chi connectivity index (χ0v) is 10.2. The Kier molecular flexibility index (Phi) is 3.15. The molecular weight excluding hydrogens is 266 g/mol. The van der Waals surface area contributed by atoms with Crippen molar-refractivity contribution in [2.75, 3.05) is 5.73 Å². The molecule has 0 heterocycles. The third kappa shape index (κ3) is 2.36. The molecule has 0 aliphatic heterocycles. The molecule has 0 aliphatic rings. The smallest absolute Gasteiger partial charge is 0.115 e. The number of phenols is 1. The minimum Gasteiger partial charge on any atom is -0.508 e. The molecule has 0 unspecified atom stereocenters. The Hall–Kier alpha value is -1.48. The van der Waals surface area contributed by atoms with Crippen LogP contribution in [-0.2, 0) is 6.42 Å². The van der Waals surface area contributed by atoms with Crippen molar-refractivity contribution < 1.29 is 5.11 Å². The van der Waals surface area contributed by atoms with E-state index in [1.807, 2.05) is 30.3 Å². The van der Waals surface area contributed by atoms with Crippen LogP contribution in [0.25, 0.3) is 0 Å². The highest BCUT2D eigenvalue weighted by Crippen LogP contribution is 2.25. The Labute approximate surface area is 103 Å². The molecule has 3 N–H and O–H groups in total. The van der Waals surface area contributed by atoms with Crippen LogP contribution in [0.1, 0.15) is 11.1 Å². The summed E-state index contributed by atoms with van der Waals surface area (Å²) < 4.78 is 0.920. The fourth-order valence-electron chi connectivity index (χ4n) is 1.57. The molecule has 0 aromatic heterocycles. The third-order valence-corrected chi connectivity index (χ3v) is 3.17. The van der Waals surface area contributed by atoms with Crippen LogP contribution in [0.15, 0.2) is 46.9 Å². The Balaban J connectivity index is 2.27. The van der Waals surface area contributed by atoms with Crippen LogP contribution >= 0.6 is 15.9 Å². The number of aromatic hydroxyl groups is 1. The normalized spacial score (nSPS) is 10.3. The maximum absolute atomic E-state index is 9.19. The second-order valence-electron chi connectivity index (χ2n) is 3.66. The number of hydrogen-bond acceptors (Lipinski definition) is 2. The molecule has 0 radical (unpaired) electrons. The zero-order valence-electron chi connectivity index (χ0n) is 8.65. The van der Waals surface area contributed by atoms with Crippen molar-refractivity contribution in [3.05, 3.63) is 58.1 Å². The summed E-state index contributed by atoms with van der Waals surface area (Å²) in [7, 11) is 0. The van der Waals surface area contributed by atoms with Crippen molar-refractivity contribution in [2.45, 2.75) is 6.42 Å². The molecule has 16 heavy (non-hydrogen) atoms. The van der Waals surface area contributed by atoms with E-state index in [1.165, 1.54) is 0 Å². The second kappa shape index (κ2) is 4.58. The van der Waals surface area contributed by atoms with E-state index in [0.717, 1.165) is 27.7 Å². The lowest BCUT2D eigenvalue weighted by atomic mass is 10.0. The quantitative estimate of drug-likeness (QED) is 0.828. The number of phenolic OH excluding ortho intramolecular Hbond substituents is 1. The lowest BCUT2D eigenvalue weighted by Gasteiger charge is -2.07. The van der Waals surface area contributed by atoms with Gasteiger partial charge in [-0.2, -0.15) is 0 Å². The van der Waals surface area contributed by atoms with E-state index in [-0.39, 0.29) is 5.75 Å². The average molecular weight is 278 g/mol. The minimum absolute atomic E-state index is 0.283. The highest BCUT2D eigenvalue weighted by atomic mass is 79.9. The Bertz CT molecular complexity index is 494. The summed E-state index contributed by atoms with van der Waals surface area (Å²) in [6, 6.07) is 13.1. The van der Waals surface area contributed by atoms with Crippen LogP contribution < -0.4 is 5.73 Å². The molecule has 0 saturated heterocycles. The van der Waals surface area contributed by atoms with Gasteiger partial charge in [-0.15, -0.1) is 0 Å². The van der Waals surface area contributed by atoms with Gasteiger partial charge in [0, 0.05) is 10.2 Å². The number of rotatable bonds is 2. The SMILES string of the molecule is Nc1c(Br)cccc1Cc1ccc(O)cc1. The molecular formula is C13H12BrNO. The van der Waals surface area contributed by atoms with E-state index in [0.29, 0.717) is 0 Å². The van der Waals surface area contributed by atoms with Crippen molar-refractivity contribution in [1.82, 2.24) is 0 Å². The first kappa shape index (κ1) is 11.0. The first-order valence-corrected chi connectivity index (χ1v) is 5.77. The molecule has 2 nitrogen and oxygen atoms in total. The van der Waals surface area contributed by atoms with Crippen molar-refractivity contribution >= 4 is 21.6 Å². The van der Waals surface area contributed by atoms with Crippen LogP contribution in [-0.4, -0.2) is 5.11 Å². The summed E-state index contributed by atoms with van der Waals surface area (Å²) in [5.74, 6) is 0.283. The number of nitrogens with two attached hydrogens (primary N) is 1. The van der Waals surface area contributed by atoms with E-state index < -0.39 is 0 Å². The van der Waals surface area contributed by atoms with Crippen molar-refractivity contribution in [2.24, 2.45) is 0 Å². The highest BCUT2D eigenvalue weighted by Gasteiger charge is 2.03. The maximum atomic E-state index is 9.19. The molecule has 2 rings (SSSR count). The van der Waals surface area contributed by atoms with Gasteiger partial charge in [0.1, 0.15) is 5.75 Å². The molecule has 82 valence electrons. The molecule has 2 aromatic carbocycles. The van der Waals surface area contributed by atoms with Crippen LogP contribution in [0.4, 0.5) is 5.69 Å². The highest BCUT2D eigenvalue weighted by molar-refractivity contribution is 9.10. The number of benzene rings is 2. The molecule has 0 atom stereocenters. The molecule has 0 amide bonds. The standard InChI is InChI=1S/C13H12BrNO/c14-12-3-1-2-10(13(12)15)8-9-4-6-11(16)7-5-9/h1-7,16H,8,15H2. The monoisotopic (exact) mass is 277 g/mol. The van der Waals surface area contributed by atoms with Gasteiger partial charge in [0.05, 0.1) is 0 Å². The molecule has 2 aromatic rings. The largest absolute Gasteiger partial charge is 0.508 e. The van der Waals surface area contributed by atoms with Gasteiger partial charge in [-0.1, -0.05) is 24.3 Å². The fourth-order valence-corrected chi connectivity index (χ4v) is 1.98. The van der Waals surface area contributed by atoms with Gasteiger partial charge >= 0.3 is 0 Å². The minimum atomic E-state index is 0.283. The van der Waals surface area contributed by atoms with Gasteiger partial charge in [-0.05, 0) is 51.7 Å². The summed E-state index contributed by atoms with van der Waals surface area (Å²) in [4.78, 5) is 0. The first-order valence-electron chi connectivity index (χ1n) is 4.97. The molecule has 0 fully saturated rings. The van der Waals surface area contributed by atoms with E-state index in [2.05, 4.69) is 15.9 Å². The number of anilines is 1. The number of halogens is 1. The van der Waals surface area contributed by atoms with E-state index in [9.17, 15) is 5.11 Å². The summed E-state index contributed by atoms with van der Waals surface area (Å²) in [5, 5.41) is 9.19. The van der Waals surface area contributed by atoms with Gasteiger partial charge in [-0.3, -0.25) is 0 Å². The maximum Gasteiger partial charge on any atom is 0.115 e. The van der Waals surface area contributed by atoms with Gasteiger partial charge < -0.3 is 10.8 Å². The predicted octanol–water partition coefficient (Wildman–Crippen LogP) is 3.33. The van der Waals surface area contributed by atoms with Gasteiger partial charge in [0.15, 0.2) is 0 Å². The van der Waals surface area contributed by atoms with Crippen LogP contribution in [0, 0.1) is 0 Å². The molecule has 0 saturated carbocycles.